The van der Waals surface area contributed by atoms with E-state index < -0.39 is 23.9 Å². The molecule has 0 amide bonds. The van der Waals surface area contributed by atoms with Crippen molar-refractivity contribution in [1.29, 1.82) is 0 Å². The van der Waals surface area contributed by atoms with Crippen LogP contribution in [-0.2, 0) is 25.7 Å². The predicted octanol–water partition coefficient (Wildman–Crippen LogP) is 2.28. The van der Waals surface area contributed by atoms with Gasteiger partial charge in [-0.1, -0.05) is 35.9 Å². The van der Waals surface area contributed by atoms with E-state index in [0.717, 1.165) is 37.7 Å². The van der Waals surface area contributed by atoms with Crippen molar-refractivity contribution in [3.63, 3.8) is 0 Å². The van der Waals surface area contributed by atoms with Gasteiger partial charge in [-0.3, -0.25) is 4.90 Å². The Bertz CT molecular complexity index is 909. The van der Waals surface area contributed by atoms with Crippen LogP contribution in [0.1, 0.15) is 11.1 Å². The fourth-order valence-corrected chi connectivity index (χ4v) is 2.96. The van der Waals surface area contributed by atoms with Crippen molar-refractivity contribution in [2.24, 2.45) is 0 Å². The third-order valence-electron chi connectivity index (χ3n) is 4.42. The van der Waals surface area contributed by atoms with Crippen molar-refractivity contribution in [3.05, 3.63) is 64.7 Å². The molecule has 1 fully saturated rings. The average molecular weight is 481 g/mol. The molecule has 2 aromatic rings. The van der Waals surface area contributed by atoms with Gasteiger partial charge >= 0.3 is 23.9 Å². The third kappa shape index (κ3) is 11.0. The Morgan fingerprint density at radius 2 is 1.27 bits per heavy atom. The topological polar surface area (TPSA) is 156 Å². The summed E-state index contributed by atoms with van der Waals surface area (Å²) in [5.74, 6) is -7.30. The standard InChI is InChI=1S/C18H21ClN2.2C2H2O4/c1-15-3-2-4-18(13-15)21-11-9-20(10-12-21)14-16-5-7-17(19)8-6-16;2*3-1(4)2(5)6/h2-8,13H,9-12,14H2,1H3;2*(H,3,4)(H,5,6). The second-order valence-corrected chi connectivity index (χ2v) is 7.39. The lowest BCUT2D eigenvalue weighted by molar-refractivity contribution is -0.159. The van der Waals surface area contributed by atoms with Crippen LogP contribution >= 0.6 is 11.6 Å². The van der Waals surface area contributed by atoms with Crippen molar-refractivity contribution >= 4 is 41.2 Å². The summed E-state index contributed by atoms with van der Waals surface area (Å²) < 4.78 is 0. The molecule has 11 heteroatoms. The van der Waals surface area contributed by atoms with Gasteiger partial charge in [-0.15, -0.1) is 0 Å². The van der Waals surface area contributed by atoms with Crippen LogP contribution in [0, 0.1) is 6.92 Å². The van der Waals surface area contributed by atoms with Crippen LogP contribution in [0.3, 0.4) is 0 Å². The van der Waals surface area contributed by atoms with E-state index in [2.05, 4.69) is 53.1 Å². The van der Waals surface area contributed by atoms with Crippen molar-refractivity contribution in [2.45, 2.75) is 13.5 Å². The molecule has 1 aliphatic rings. The highest BCUT2D eigenvalue weighted by Gasteiger charge is 2.17. The molecule has 2 aromatic carbocycles. The van der Waals surface area contributed by atoms with E-state index in [9.17, 15) is 0 Å². The quantitative estimate of drug-likeness (QED) is 0.480. The molecule has 0 atom stereocenters. The summed E-state index contributed by atoms with van der Waals surface area (Å²) in [6, 6.07) is 17.0. The first-order valence-electron chi connectivity index (χ1n) is 9.70. The predicted molar refractivity (Wildman–Crippen MR) is 121 cm³/mol. The highest BCUT2D eigenvalue weighted by atomic mass is 35.5. The van der Waals surface area contributed by atoms with Crippen LogP contribution in [0.15, 0.2) is 48.5 Å². The maximum atomic E-state index is 9.10. The minimum absolute atomic E-state index is 0.808. The first-order valence-corrected chi connectivity index (χ1v) is 10.1. The Balaban J connectivity index is 0.000000377. The maximum Gasteiger partial charge on any atom is 0.414 e. The van der Waals surface area contributed by atoms with Crippen molar-refractivity contribution in [1.82, 2.24) is 4.90 Å². The zero-order valence-corrected chi connectivity index (χ0v) is 18.6. The molecule has 4 N–H and O–H groups in total. The van der Waals surface area contributed by atoms with E-state index in [1.165, 1.54) is 16.8 Å². The Hall–Kier alpha value is -3.63. The highest BCUT2D eigenvalue weighted by Crippen LogP contribution is 2.19. The Morgan fingerprint density at radius 1 is 0.788 bits per heavy atom. The minimum atomic E-state index is -1.82. The molecule has 3 rings (SSSR count). The van der Waals surface area contributed by atoms with Gasteiger partial charge in [0.25, 0.3) is 0 Å². The van der Waals surface area contributed by atoms with Crippen LogP contribution < -0.4 is 4.90 Å². The normalized spacial score (nSPS) is 13.0. The number of halogens is 1. The average Bonchev–Trinajstić information content (AvgIpc) is 2.76. The molecule has 33 heavy (non-hydrogen) atoms. The van der Waals surface area contributed by atoms with Gasteiger partial charge in [0, 0.05) is 43.4 Å². The van der Waals surface area contributed by atoms with Crippen molar-refractivity contribution in [3.8, 4) is 0 Å². The van der Waals surface area contributed by atoms with E-state index in [1.807, 2.05) is 12.1 Å². The number of rotatable bonds is 3. The Labute approximate surface area is 195 Å². The summed E-state index contributed by atoms with van der Waals surface area (Å²) in [5.41, 5.74) is 4.01. The lowest BCUT2D eigenvalue weighted by Crippen LogP contribution is -2.45. The van der Waals surface area contributed by atoms with E-state index in [-0.39, 0.29) is 0 Å². The Kier molecular flexibility index (Phi) is 11.4. The highest BCUT2D eigenvalue weighted by molar-refractivity contribution is 6.30. The number of anilines is 1. The van der Waals surface area contributed by atoms with Crippen LogP contribution in [-0.4, -0.2) is 75.4 Å². The van der Waals surface area contributed by atoms with Crippen LogP contribution in [0.5, 0.6) is 0 Å². The number of carboxylic acids is 4. The van der Waals surface area contributed by atoms with E-state index in [0.29, 0.717) is 0 Å². The number of aliphatic carboxylic acids is 4. The number of nitrogens with zero attached hydrogens (tertiary/aromatic N) is 2. The fourth-order valence-electron chi connectivity index (χ4n) is 2.84. The molecule has 0 spiro atoms. The molecule has 0 saturated carbocycles. The summed E-state index contributed by atoms with van der Waals surface area (Å²) >= 11 is 5.93. The molecule has 0 aliphatic carbocycles. The molecular weight excluding hydrogens is 456 g/mol. The summed E-state index contributed by atoms with van der Waals surface area (Å²) in [4.78, 5) is 41.4. The van der Waals surface area contributed by atoms with E-state index >= 15 is 0 Å². The summed E-state index contributed by atoms with van der Waals surface area (Å²) in [7, 11) is 0. The van der Waals surface area contributed by atoms with Gasteiger partial charge in [0.15, 0.2) is 0 Å². The van der Waals surface area contributed by atoms with Crippen LogP contribution in [0.2, 0.25) is 5.02 Å². The first-order chi connectivity index (χ1) is 15.5. The molecule has 10 nitrogen and oxygen atoms in total. The first kappa shape index (κ1) is 27.4. The summed E-state index contributed by atoms with van der Waals surface area (Å²) in [5, 5.41) is 30.4. The number of carbonyl (C=O) groups is 4. The lowest BCUT2D eigenvalue weighted by Gasteiger charge is -2.36. The zero-order chi connectivity index (χ0) is 25.0. The molecule has 1 saturated heterocycles. The number of benzene rings is 2. The van der Waals surface area contributed by atoms with Crippen LogP contribution in [0.4, 0.5) is 5.69 Å². The van der Waals surface area contributed by atoms with E-state index in [1.54, 1.807) is 0 Å². The molecule has 0 radical (unpaired) electrons. The molecule has 0 aromatic heterocycles. The van der Waals surface area contributed by atoms with Gasteiger partial charge < -0.3 is 25.3 Å². The van der Waals surface area contributed by atoms with Crippen molar-refractivity contribution in [2.75, 3.05) is 31.1 Å². The fraction of sp³-hybridized carbons (Fsp3) is 0.273. The van der Waals surface area contributed by atoms with Gasteiger partial charge in [-0.25, -0.2) is 19.2 Å². The monoisotopic (exact) mass is 480 g/mol. The number of aryl methyl sites for hydroxylation is 1. The van der Waals surface area contributed by atoms with Crippen molar-refractivity contribution < 1.29 is 39.6 Å². The third-order valence-corrected chi connectivity index (χ3v) is 4.68. The zero-order valence-electron chi connectivity index (χ0n) is 17.8. The second-order valence-electron chi connectivity index (χ2n) is 6.95. The molecular formula is C22H25ClN2O8. The SMILES string of the molecule is Cc1cccc(N2CCN(Cc3ccc(Cl)cc3)CC2)c1.O=C(O)C(=O)O.O=C(O)C(=O)O. The number of hydrogen-bond acceptors (Lipinski definition) is 6. The lowest BCUT2D eigenvalue weighted by atomic mass is 10.1. The van der Waals surface area contributed by atoms with Gasteiger partial charge in [0.05, 0.1) is 0 Å². The van der Waals surface area contributed by atoms with Gasteiger partial charge in [0.1, 0.15) is 0 Å². The number of piperazine rings is 1. The minimum Gasteiger partial charge on any atom is -0.473 e. The molecule has 0 bridgehead atoms. The van der Waals surface area contributed by atoms with Gasteiger partial charge in [-0.05, 0) is 42.3 Å². The smallest absolute Gasteiger partial charge is 0.414 e. The Morgan fingerprint density at radius 3 is 1.70 bits per heavy atom. The molecule has 1 heterocycles. The largest absolute Gasteiger partial charge is 0.473 e. The van der Waals surface area contributed by atoms with Gasteiger partial charge in [-0.2, -0.15) is 0 Å². The summed E-state index contributed by atoms with van der Waals surface area (Å²) in [6.07, 6.45) is 0. The van der Waals surface area contributed by atoms with Gasteiger partial charge in [0.2, 0.25) is 0 Å². The van der Waals surface area contributed by atoms with E-state index in [4.69, 9.17) is 51.2 Å². The van der Waals surface area contributed by atoms with Crippen LogP contribution in [0.25, 0.3) is 0 Å². The molecule has 0 unspecified atom stereocenters. The molecule has 178 valence electrons. The maximum absolute atomic E-state index is 9.10. The number of hydrogen-bond donors (Lipinski definition) is 4. The second kappa shape index (κ2) is 13.7. The molecule has 1 aliphatic heterocycles. The number of carboxylic acid groups (broad SMARTS) is 4. The summed E-state index contributed by atoms with van der Waals surface area (Å²) in [6.45, 7) is 7.57.